The number of nitrogens with one attached hydrogen (secondary N) is 2. The number of rotatable bonds is 6. The van der Waals surface area contributed by atoms with Gasteiger partial charge in [0.2, 0.25) is 0 Å². The monoisotopic (exact) mass is 246 g/mol. The smallest absolute Gasteiger partial charge is 0.0192 e. The molecule has 0 bridgehead atoms. The second-order valence-corrected chi connectivity index (χ2v) is 5.48. The average Bonchev–Trinajstić information content (AvgIpc) is 2.45. The normalized spacial score (nSPS) is 21.7. The van der Waals surface area contributed by atoms with Crippen LogP contribution in [0.3, 0.4) is 0 Å². The van der Waals surface area contributed by atoms with Crippen LogP contribution in [0, 0.1) is 0 Å². The molecule has 1 fully saturated rings. The van der Waals surface area contributed by atoms with Gasteiger partial charge in [-0.2, -0.15) is 0 Å². The van der Waals surface area contributed by atoms with Gasteiger partial charge in [-0.05, 0) is 44.7 Å². The zero-order valence-corrected chi connectivity index (χ0v) is 11.5. The van der Waals surface area contributed by atoms with E-state index in [2.05, 4.69) is 47.9 Å². The maximum atomic E-state index is 3.66. The van der Waals surface area contributed by atoms with Crippen LogP contribution in [0.1, 0.15) is 38.2 Å². The molecule has 1 aromatic rings. The van der Waals surface area contributed by atoms with Gasteiger partial charge < -0.3 is 10.6 Å². The zero-order chi connectivity index (χ0) is 12.6. The Hall–Kier alpha value is -0.860. The molecular weight excluding hydrogens is 220 g/mol. The van der Waals surface area contributed by atoms with E-state index in [1.807, 2.05) is 0 Å². The van der Waals surface area contributed by atoms with Crippen LogP contribution < -0.4 is 10.6 Å². The van der Waals surface area contributed by atoms with E-state index in [1.54, 1.807) is 0 Å². The Morgan fingerprint density at radius 1 is 1.28 bits per heavy atom. The van der Waals surface area contributed by atoms with E-state index >= 15 is 0 Å². The van der Waals surface area contributed by atoms with Gasteiger partial charge in [-0.1, -0.05) is 36.8 Å². The van der Waals surface area contributed by atoms with Crippen LogP contribution in [-0.2, 0) is 6.42 Å². The molecule has 2 nitrogen and oxygen atoms in total. The first-order chi connectivity index (χ1) is 8.84. The molecule has 0 spiro atoms. The highest BCUT2D eigenvalue weighted by Crippen LogP contribution is 2.07. The highest BCUT2D eigenvalue weighted by Gasteiger charge is 2.12. The maximum Gasteiger partial charge on any atom is 0.0192 e. The van der Waals surface area contributed by atoms with Crippen molar-refractivity contribution in [2.24, 2.45) is 0 Å². The number of hydrogen-bond acceptors (Lipinski definition) is 2. The molecular formula is C16H26N2. The predicted octanol–water partition coefficient (Wildman–Crippen LogP) is 2.74. The van der Waals surface area contributed by atoms with Crippen LogP contribution in [0.5, 0.6) is 0 Å². The van der Waals surface area contributed by atoms with E-state index in [0.717, 1.165) is 6.54 Å². The average molecular weight is 246 g/mol. The molecule has 0 saturated carbocycles. The van der Waals surface area contributed by atoms with E-state index < -0.39 is 0 Å². The zero-order valence-electron chi connectivity index (χ0n) is 11.5. The molecule has 1 heterocycles. The third-order valence-corrected chi connectivity index (χ3v) is 3.83. The predicted molar refractivity (Wildman–Crippen MR) is 77.9 cm³/mol. The van der Waals surface area contributed by atoms with Crippen LogP contribution in [0.25, 0.3) is 0 Å². The standard InChI is InChI=1S/C16H26N2/c1-14(10-11-15-7-3-2-4-8-15)18-13-16-9-5-6-12-17-16/h2-4,7-8,14,16-18H,5-6,9-13H2,1H3. The molecule has 2 unspecified atom stereocenters. The van der Waals surface area contributed by atoms with Crippen molar-refractivity contribution in [1.82, 2.24) is 10.6 Å². The van der Waals surface area contributed by atoms with Crippen molar-refractivity contribution in [3.05, 3.63) is 35.9 Å². The Morgan fingerprint density at radius 2 is 2.11 bits per heavy atom. The molecule has 0 aromatic heterocycles. The minimum absolute atomic E-state index is 0.605. The van der Waals surface area contributed by atoms with E-state index in [-0.39, 0.29) is 0 Å². The largest absolute Gasteiger partial charge is 0.313 e. The fourth-order valence-electron chi connectivity index (χ4n) is 2.57. The van der Waals surface area contributed by atoms with Crippen molar-refractivity contribution < 1.29 is 0 Å². The quantitative estimate of drug-likeness (QED) is 0.806. The van der Waals surface area contributed by atoms with Crippen molar-refractivity contribution in [2.75, 3.05) is 13.1 Å². The summed E-state index contributed by atoms with van der Waals surface area (Å²) in [6.07, 6.45) is 6.46. The van der Waals surface area contributed by atoms with Crippen LogP contribution in [0.2, 0.25) is 0 Å². The van der Waals surface area contributed by atoms with Crippen molar-refractivity contribution in [3.63, 3.8) is 0 Å². The lowest BCUT2D eigenvalue weighted by molar-refractivity contribution is 0.365. The SMILES string of the molecule is CC(CCc1ccccc1)NCC1CCCCN1. The molecule has 0 aliphatic carbocycles. The Bertz CT molecular complexity index is 317. The van der Waals surface area contributed by atoms with Gasteiger partial charge in [0.1, 0.15) is 0 Å². The lowest BCUT2D eigenvalue weighted by atomic mass is 10.0. The van der Waals surface area contributed by atoms with Crippen molar-refractivity contribution in [1.29, 1.82) is 0 Å². The minimum atomic E-state index is 0.605. The van der Waals surface area contributed by atoms with E-state index in [1.165, 1.54) is 44.2 Å². The van der Waals surface area contributed by atoms with Gasteiger partial charge in [0.15, 0.2) is 0 Å². The molecule has 1 aliphatic heterocycles. The molecule has 1 saturated heterocycles. The summed E-state index contributed by atoms with van der Waals surface area (Å²) in [5.41, 5.74) is 1.45. The Balaban J connectivity index is 1.61. The molecule has 1 aromatic carbocycles. The number of hydrogen-bond donors (Lipinski definition) is 2. The van der Waals surface area contributed by atoms with Crippen molar-refractivity contribution in [3.8, 4) is 0 Å². The molecule has 100 valence electrons. The summed E-state index contributed by atoms with van der Waals surface area (Å²) in [6, 6.07) is 12.1. The number of benzene rings is 1. The summed E-state index contributed by atoms with van der Waals surface area (Å²) in [6.45, 7) is 4.62. The van der Waals surface area contributed by atoms with Crippen LogP contribution in [-0.4, -0.2) is 25.2 Å². The Labute approximate surface area is 111 Å². The van der Waals surface area contributed by atoms with Gasteiger partial charge in [-0.3, -0.25) is 0 Å². The first kappa shape index (κ1) is 13.6. The molecule has 2 atom stereocenters. The third-order valence-electron chi connectivity index (χ3n) is 3.83. The molecule has 2 N–H and O–H groups in total. The van der Waals surface area contributed by atoms with E-state index in [0.29, 0.717) is 12.1 Å². The highest BCUT2D eigenvalue weighted by molar-refractivity contribution is 5.14. The lowest BCUT2D eigenvalue weighted by Crippen LogP contribution is -2.44. The summed E-state index contributed by atoms with van der Waals surface area (Å²) in [5, 5.41) is 7.25. The van der Waals surface area contributed by atoms with Crippen LogP contribution in [0.15, 0.2) is 30.3 Å². The fraction of sp³-hybridized carbons (Fsp3) is 0.625. The minimum Gasteiger partial charge on any atom is -0.313 e. The van der Waals surface area contributed by atoms with Crippen LogP contribution in [0.4, 0.5) is 0 Å². The van der Waals surface area contributed by atoms with Gasteiger partial charge in [0.05, 0.1) is 0 Å². The molecule has 0 amide bonds. The van der Waals surface area contributed by atoms with Gasteiger partial charge in [-0.25, -0.2) is 0 Å². The fourth-order valence-corrected chi connectivity index (χ4v) is 2.57. The number of aryl methyl sites for hydroxylation is 1. The van der Waals surface area contributed by atoms with E-state index in [9.17, 15) is 0 Å². The first-order valence-corrected chi connectivity index (χ1v) is 7.35. The topological polar surface area (TPSA) is 24.1 Å². The van der Waals surface area contributed by atoms with Gasteiger partial charge in [-0.15, -0.1) is 0 Å². The van der Waals surface area contributed by atoms with Gasteiger partial charge in [0.25, 0.3) is 0 Å². The van der Waals surface area contributed by atoms with Crippen LogP contribution >= 0.6 is 0 Å². The van der Waals surface area contributed by atoms with Crippen molar-refractivity contribution >= 4 is 0 Å². The summed E-state index contributed by atoms with van der Waals surface area (Å²) >= 11 is 0. The second kappa shape index (κ2) is 7.55. The summed E-state index contributed by atoms with van der Waals surface area (Å²) in [5.74, 6) is 0. The van der Waals surface area contributed by atoms with Crippen molar-refractivity contribution in [2.45, 2.75) is 51.1 Å². The van der Waals surface area contributed by atoms with Gasteiger partial charge in [0, 0.05) is 18.6 Å². The second-order valence-electron chi connectivity index (χ2n) is 5.48. The third kappa shape index (κ3) is 4.79. The Kier molecular flexibility index (Phi) is 5.69. The molecule has 2 heteroatoms. The molecule has 1 aliphatic rings. The molecule has 0 radical (unpaired) electrons. The first-order valence-electron chi connectivity index (χ1n) is 7.35. The maximum absolute atomic E-state index is 3.66. The highest BCUT2D eigenvalue weighted by atomic mass is 15.0. The summed E-state index contributed by atoms with van der Waals surface area (Å²) in [4.78, 5) is 0. The Morgan fingerprint density at radius 3 is 2.83 bits per heavy atom. The van der Waals surface area contributed by atoms with E-state index in [4.69, 9.17) is 0 Å². The molecule has 2 rings (SSSR count). The lowest BCUT2D eigenvalue weighted by Gasteiger charge is -2.25. The molecule has 18 heavy (non-hydrogen) atoms. The number of piperidine rings is 1. The summed E-state index contributed by atoms with van der Waals surface area (Å²) < 4.78 is 0. The van der Waals surface area contributed by atoms with Gasteiger partial charge >= 0.3 is 0 Å². The summed E-state index contributed by atoms with van der Waals surface area (Å²) in [7, 11) is 0.